The minimum atomic E-state index is 0.861. The van der Waals surface area contributed by atoms with Crippen molar-refractivity contribution in [2.75, 3.05) is 19.0 Å². The summed E-state index contributed by atoms with van der Waals surface area (Å²) >= 11 is 3.40. The molecule has 0 atom stereocenters. The number of nitrogens with one attached hydrogen (secondary N) is 1. The van der Waals surface area contributed by atoms with E-state index < -0.39 is 0 Å². The molecule has 1 rings (SSSR count). The van der Waals surface area contributed by atoms with E-state index in [4.69, 9.17) is 4.74 Å². The molecule has 12 heavy (non-hydrogen) atoms. The lowest BCUT2D eigenvalue weighted by molar-refractivity contribution is 0.414. The summed E-state index contributed by atoms with van der Waals surface area (Å²) in [6.45, 7) is 2.98. The van der Waals surface area contributed by atoms with Gasteiger partial charge in [-0.2, -0.15) is 0 Å². The second-order valence-electron chi connectivity index (χ2n) is 2.41. The van der Waals surface area contributed by atoms with E-state index in [0.29, 0.717) is 0 Å². The van der Waals surface area contributed by atoms with Gasteiger partial charge < -0.3 is 10.1 Å². The zero-order chi connectivity index (χ0) is 8.97. The van der Waals surface area contributed by atoms with Crippen LogP contribution in [0.25, 0.3) is 0 Å². The Kier molecular flexibility index (Phi) is 3.41. The van der Waals surface area contributed by atoms with Gasteiger partial charge in [0.05, 0.1) is 7.11 Å². The summed E-state index contributed by atoms with van der Waals surface area (Å²) in [5.41, 5.74) is 1.07. The van der Waals surface area contributed by atoms with Crippen LogP contribution < -0.4 is 10.1 Å². The van der Waals surface area contributed by atoms with Gasteiger partial charge >= 0.3 is 0 Å². The average Bonchev–Trinajstić information content (AvgIpc) is 2.04. The molecule has 1 aromatic rings. The second-order valence-corrected chi connectivity index (χ2v) is 3.33. The number of rotatable bonds is 3. The first-order valence-electron chi connectivity index (χ1n) is 3.84. The third-order valence-electron chi connectivity index (χ3n) is 1.49. The number of anilines is 1. The Hall–Kier alpha value is -0.700. The molecule has 0 heterocycles. The maximum absolute atomic E-state index is 5.11. The van der Waals surface area contributed by atoms with E-state index in [2.05, 4.69) is 28.2 Å². The van der Waals surface area contributed by atoms with Crippen molar-refractivity contribution in [3.63, 3.8) is 0 Å². The molecule has 0 fully saturated rings. The van der Waals surface area contributed by atoms with Crippen LogP contribution >= 0.6 is 15.9 Å². The molecule has 3 heteroatoms. The minimum absolute atomic E-state index is 0.861. The molecule has 0 radical (unpaired) electrons. The molecule has 0 unspecified atom stereocenters. The summed E-state index contributed by atoms with van der Waals surface area (Å²) in [6, 6.07) is 5.92. The van der Waals surface area contributed by atoms with Crippen LogP contribution in [0.2, 0.25) is 0 Å². The highest BCUT2D eigenvalue weighted by atomic mass is 79.9. The van der Waals surface area contributed by atoms with Gasteiger partial charge in [0.2, 0.25) is 0 Å². The third kappa shape index (κ3) is 2.41. The predicted octanol–water partition coefficient (Wildman–Crippen LogP) is 2.89. The Morgan fingerprint density at radius 1 is 1.42 bits per heavy atom. The summed E-state index contributed by atoms with van der Waals surface area (Å²) in [5, 5.41) is 3.21. The molecule has 0 spiro atoms. The number of halogens is 1. The van der Waals surface area contributed by atoms with Gasteiger partial charge in [-0.25, -0.2) is 0 Å². The molecule has 1 aromatic carbocycles. The van der Waals surface area contributed by atoms with Crippen LogP contribution in [0.15, 0.2) is 22.7 Å². The van der Waals surface area contributed by atoms with Crippen LogP contribution in [-0.2, 0) is 0 Å². The van der Waals surface area contributed by atoms with Gasteiger partial charge in [-0.15, -0.1) is 0 Å². The second kappa shape index (κ2) is 4.36. The van der Waals surface area contributed by atoms with Crippen LogP contribution in [0, 0.1) is 0 Å². The maximum atomic E-state index is 5.11. The van der Waals surface area contributed by atoms with E-state index in [1.54, 1.807) is 7.11 Å². The van der Waals surface area contributed by atoms with E-state index in [9.17, 15) is 0 Å². The number of ether oxygens (including phenoxy) is 1. The Bertz CT molecular complexity index is 263. The van der Waals surface area contributed by atoms with Gasteiger partial charge in [-0.3, -0.25) is 0 Å². The summed E-state index contributed by atoms with van der Waals surface area (Å²) < 4.78 is 6.14. The topological polar surface area (TPSA) is 21.3 Å². The molecule has 66 valence electrons. The fourth-order valence-corrected chi connectivity index (χ4v) is 1.46. The largest absolute Gasteiger partial charge is 0.497 e. The van der Waals surface area contributed by atoms with E-state index >= 15 is 0 Å². The highest BCUT2D eigenvalue weighted by molar-refractivity contribution is 9.10. The molecule has 0 aliphatic carbocycles. The lowest BCUT2D eigenvalue weighted by atomic mass is 10.3. The smallest absolute Gasteiger partial charge is 0.122 e. The maximum Gasteiger partial charge on any atom is 0.122 e. The minimum Gasteiger partial charge on any atom is -0.497 e. The molecular formula is C9H12BrNO. The molecule has 2 nitrogen and oxygen atoms in total. The van der Waals surface area contributed by atoms with E-state index in [1.165, 1.54) is 0 Å². The number of hydrogen-bond donors (Lipinski definition) is 1. The van der Waals surface area contributed by atoms with Crippen molar-refractivity contribution in [3.05, 3.63) is 22.7 Å². The van der Waals surface area contributed by atoms with E-state index in [0.717, 1.165) is 22.5 Å². The Labute approximate surface area is 81.1 Å². The van der Waals surface area contributed by atoms with Crippen LogP contribution in [0.4, 0.5) is 5.69 Å². The fourth-order valence-electron chi connectivity index (χ4n) is 0.987. The summed E-state index contributed by atoms with van der Waals surface area (Å²) in [7, 11) is 1.66. The van der Waals surface area contributed by atoms with Gasteiger partial charge in [0, 0.05) is 22.8 Å². The van der Waals surface area contributed by atoms with Crippen molar-refractivity contribution in [2.24, 2.45) is 0 Å². The lowest BCUT2D eigenvalue weighted by Gasteiger charge is -2.06. The predicted molar refractivity (Wildman–Crippen MR) is 54.9 cm³/mol. The van der Waals surface area contributed by atoms with Crippen molar-refractivity contribution < 1.29 is 4.74 Å². The first-order valence-corrected chi connectivity index (χ1v) is 4.64. The zero-order valence-electron chi connectivity index (χ0n) is 7.23. The standard InChI is InChI=1S/C9H12BrNO/c1-3-11-8-4-7(10)5-9(6-8)12-2/h4-6,11H,3H2,1-2H3. The number of benzene rings is 1. The molecule has 0 aliphatic heterocycles. The monoisotopic (exact) mass is 229 g/mol. The molecule has 0 bridgehead atoms. The molecule has 0 saturated heterocycles. The highest BCUT2D eigenvalue weighted by Crippen LogP contribution is 2.24. The molecule has 0 saturated carbocycles. The first kappa shape index (κ1) is 9.39. The number of methoxy groups -OCH3 is 1. The number of hydrogen-bond acceptors (Lipinski definition) is 2. The normalized spacial score (nSPS) is 9.58. The first-order chi connectivity index (χ1) is 5.76. The van der Waals surface area contributed by atoms with Crippen molar-refractivity contribution in [1.82, 2.24) is 0 Å². The summed E-state index contributed by atoms with van der Waals surface area (Å²) in [6.07, 6.45) is 0. The lowest BCUT2D eigenvalue weighted by Crippen LogP contribution is -1.96. The summed E-state index contributed by atoms with van der Waals surface area (Å²) in [4.78, 5) is 0. The van der Waals surface area contributed by atoms with Gasteiger partial charge in [0.15, 0.2) is 0 Å². The zero-order valence-corrected chi connectivity index (χ0v) is 8.81. The third-order valence-corrected chi connectivity index (χ3v) is 1.95. The Morgan fingerprint density at radius 2 is 2.17 bits per heavy atom. The molecule has 0 aromatic heterocycles. The average molecular weight is 230 g/mol. The fraction of sp³-hybridized carbons (Fsp3) is 0.333. The van der Waals surface area contributed by atoms with Crippen molar-refractivity contribution in [1.29, 1.82) is 0 Å². The Balaban J connectivity index is 2.90. The van der Waals surface area contributed by atoms with Gasteiger partial charge in [-0.1, -0.05) is 15.9 Å². The van der Waals surface area contributed by atoms with Gasteiger partial charge in [-0.05, 0) is 19.1 Å². The SMILES string of the molecule is CCNc1cc(Br)cc(OC)c1. The quantitative estimate of drug-likeness (QED) is 0.861. The van der Waals surface area contributed by atoms with Crippen LogP contribution in [-0.4, -0.2) is 13.7 Å². The molecular weight excluding hydrogens is 218 g/mol. The van der Waals surface area contributed by atoms with Crippen LogP contribution in [0.1, 0.15) is 6.92 Å². The summed E-state index contributed by atoms with van der Waals surface area (Å²) in [5.74, 6) is 0.861. The van der Waals surface area contributed by atoms with Crippen LogP contribution in [0.3, 0.4) is 0 Å². The van der Waals surface area contributed by atoms with E-state index in [-0.39, 0.29) is 0 Å². The van der Waals surface area contributed by atoms with Crippen molar-refractivity contribution in [2.45, 2.75) is 6.92 Å². The van der Waals surface area contributed by atoms with Gasteiger partial charge in [0.1, 0.15) is 5.75 Å². The molecule has 1 N–H and O–H groups in total. The molecule has 0 amide bonds. The molecule has 0 aliphatic rings. The Morgan fingerprint density at radius 3 is 2.75 bits per heavy atom. The van der Waals surface area contributed by atoms with E-state index in [1.807, 2.05) is 18.2 Å². The van der Waals surface area contributed by atoms with Crippen LogP contribution in [0.5, 0.6) is 5.75 Å². The van der Waals surface area contributed by atoms with Gasteiger partial charge in [0.25, 0.3) is 0 Å². The van der Waals surface area contributed by atoms with Crippen molar-refractivity contribution in [3.8, 4) is 5.75 Å². The highest BCUT2D eigenvalue weighted by Gasteiger charge is 1.97. The van der Waals surface area contributed by atoms with Crippen molar-refractivity contribution >= 4 is 21.6 Å².